The van der Waals surface area contributed by atoms with Gasteiger partial charge in [-0.05, 0) is 11.6 Å². The Morgan fingerprint density at radius 2 is 2.43 bits per heavy atom. The van der Waals surface area contributed by atoms with Crippen LogP contribution in [0.5, 0.6) is 0 Å². The van der Waals surface area contributed by atoms with Gasteiger partial charge >= 0.3 is 0 Å². The Kier molecular flexibility index (Phi) is 4.21. The Bertz CT molecular complexity index is 350. The van der Waals surface area contributed by atoms with Crippen molar-refractivity contribution in [2.45, 2.75) is 6.42 Å². The summed E-state index contributed by atoms with van der Waals surface area (Å²) in [6.45, 7) is 0. The van der Waals surface area contributed by atoms with Gasteiger partial charge in [0.15, 0.2) is 11.6 Å². The van der Waals surface area contributed by atoms with E-state index in [4.69, 9.17) is 11.6 Å². The van der Waals surface area contributed by atoms with Crippen LogP contribution in [0.2, 0.25) is 5.28 Å². The second-order valence-corrected chi connectivity index (χ2v) is 3.45. The number of rotatable bonds is 3. The molecule has 1 rings (SSSR count). The molecule has 1 aromatic rings. The third-order valence-corrected chi connectivity index (χ3v) is 1.87. The van der Waals surface area contributed by atoms with E-state index in [0.717, 1.165) is 6.20 Å². The van der Waals surface area contributed by atoms with Crippen molar-refractivity contribution in [2.75, 3.05) is 10.6 Å². The van der Waals surface area contributed by atoms with Crippen LogP contribution in [-0.4, -0.2) is 21.2 Å². The van der Waals surface area contributed by atoms with E-state index in [1.165, 1.54) is 0 Å². The Morgan fingerprint density at radius 3 is 3.07 bits per heavy atom. The maximum absolute atomic E-state index is 13.0. The zero-order chi connectivity index (χ0) is 10.6. The van der Waals surface area contributed by atoms with Gasteiger partial charge in [0.05, 0.1) is 6.20 Å². The molecule has 0 spiro atoms. The second-order valence-electron chi connectivity index (χ2n) is 2.32. The lowest BCUT2D eigenvalue weighted by Crippen LogP contribution is -2.14. The molecule has 4 nitrogen and oxygen atoms in total. The van der Waals surface area contributed by atoms with Gasteiger partial charge in [-0.25, -0.2) is 9.37 Å². The normalized spacial score (nSPS) is 9.93. The van der Waals surface area contributed by atoms with Crippen LogP contribution in [0.3, 0.4) is 0 Å². The molecule has 1 aromatic heterocycles. The smallest absolute Gasteiger partial charge is 0.226 e. The number of hydrogen-bond donors (Lipinski definition) is 1. The van der Waals surface area contributed by atoms with E-state index in [1.807, 2.05) is 0 Å². The standard InChI is InChI=1S/C7H6BrClFN3O/c8-2-1-5(14)12-6-4(10)3-11-7(9)13-6/h3H,1-2H2,(H,11,12,13,14). The van der Waals surface area contributed by atoms with Crippen LogP contribution in [0.15, 0.2) is 6.20 Å². The van der Waals surface area contributed by atoms with Crippen molar-refractivity contribution in [1.29, 1.82) is 0 Å². The molecule has 7 heteroatoms. The zero-order valence-corrected chi connectivity index (χ0v) is 9.27. The van der Waals surface area contributed by atoms with Gasteiger partial charge in [0.1, 0.15) is 0 Å². The molecular weight excluding hydrogens is 276 g/mol. The minimum absolute atomic E-state index is 0.111. The molecule has 0 unspecified atom stereocenters. The minimum Gasteiger partial charge on any atom is -0.308 e. The van der Waals surface area contributed by atoms with Gasteiger partial charge in [-0.1, -0.05) is 15.9 Å². The predicted octanol–water partition coefficient (Wildman–Crippen LogP) is 1.99. The van der Waals surface area contributed by atoms with E-state index in [2.05, 4.69) is 31.2 Å². The van der Waals surface area contributed by atoms with Gasteiger partial charge in [-0.15, -0.1) is 0 Å². The molecule has 14 heavy (non-hydrogen) atoms. The largest absolute Gasteiger partial charge is 0.308 e. The average molecular weight is 282 g/mol. The number of anilines is 1. The molecule has 0 fully saturated rings. The van der Waals surface area contributed by atoms with E-state index in [9.17, 15) is 9.18 Å². The maximum Gasteiger partial charge on any atom is 0.226 e. The molecule has 0 radical (unpaired) electrons. The van der Waals surface area contributed by atoms with E-state index in [0.29, 0.717) is 5.33 Å². The molecular formula is C7H6BrClFN3O. The van der Waals surface area contributed by atoms with E-state index in [1.54, 1.807) is 0 Å². The molecule has 0 atom stereocenters. The molecule has 76 valence electrons. The molecule has 0 aliphatic rings. The zero-order valence-electron chi connectivity index (χ0n) is 6.93. The lowest BCUT2D eigenvalue weighted by Gasteiger charge is -2.03. The van der Waals surface area contributed by atoms with Gasteiger partial charge in [0, 0.05) is 11.8 Å². The van der Waals surface area contributed by atoms with Crippen LogP contribution in [0, 0.1) is 5.82 Å². The molecule has 1 amide bonds. The molecule has 0 aliphatic heterocycles. The first-order chi connectivity index (χ1) is 6.63. The lowest BCUT2D eigenvalue weighted by molar-refractivity contribution is -0.115. The Morgan fingerprint density at radius 1 is 1.71 bits per heavy atom. The summed E-state index contributed by atoms with van der Waals surface area (Å²) >= 11 is 8.51. The summed E-state index contributed by atoms with van der Waals surface area (Å²) in [6.07, 6.45) is 1.14. The van der Waals surface area contributed by atoms with Gasteiger partial charge in [-0.3, -0.25) is 4.79 Å². The number of alkyl halides is 1. The van der Waals surface area contributed by atoms with Crippen LogP contribution in [0.1, 0.15) is 6.42 Å². The number of nitrogens with one attached hydrogen (secondary N) is 1. The molecule has 0 bridgehead atoms. The first kappa shape index (κ1) is 11.3. The summed E-state index contributed by atoms with van der Waals surface area (Å²) < 4.78 is 13.0. The number of carbonyl (C=O) groups excluding carboxylic acids is 1. The average Bonchev–Trinajstić information content (AvgIpc) is 2.12. The molecule has 0 aliphatic carbocycles. The molecule has 0 saturated carbocycles. The van der Waals surface area contributed by atoms with Crippen molar-refractivity contribution in [2.24, 2.45) is 0 Å². The highest BCUT2D eigenvalue weighted by Crippen LogP contribution is 2.12. The highest BCUT2D eigenvalue weighted by molar-refractivity contribution is 9.09. The van der Waals surface area contributed by atoms with Crippen molar-refractivity contribution < 1.29 is 9.18 Å². The minimum atomic E-state index is -0.711. The quantitative estimate of drug-likeness (QED) is 0.681. The summed E-state index contributed by atoms with van der Waals surface area (Å²) in [5.74, 6) is -1.25. The monoisotopic (exact) mass is 281 g/mol. The Labute approximate surface area is 93.0 Å². The molecule has 0 saturated heterocycles. The summed E-state index contributed by atoms with van der Waals surface area (Å²) in [7, 11) is 0. The fourth-order valence-corrected chi connectivity index (χ4v) is 1.21. The van der Waals surface area contributed by atoms with E-state index >= 15 is 0 Å². The van der Waals surface area contributed by atoms with Gasteiger partial charge < -0.3 is 5.32 Å². The van der Waals surface area contributed by atoms with Crippen molar-refractivity contribution in [3.63, 3.8) is 0 Å². The lowest BCUT2D eigenvalue weighted by atomic mass is 10.4. The van der Waals surface area contributed by atoms with Crippen molar-refractivity contribution in [3.8, 4) is 0 Å². The summed E-state index contributed by atoms with van der Waals surface area (Å²) in [5.41, 5.74) is 0. The highest BCUT2D eigenvalue weighted by atomic mass is 79.9. The van der Waals surface area contributed by atoms with Crippen molar-refractivity contribution >= 4 is 39.3 Å². The van der Waals surface area contributed by atoms with Gasteiger partial charge in [0.25, 0.3) is 0 Å². The van der Waals surface area contributed by atoms with Crippen molar-refractivity contribution in [3.05, 3.63) is 17.3 Å². The fraction of sp³-hybridized carbons (Fsp3) is 0.286. The summed E-state index contributed by atoms with van der Waals surface area (Å²) in [5, 5.41) is 2.66. The third-order valence-electron chi connectivity index (χ3n) is 1.29. The SMILES string of the molecule is O=C(CCBr)Nc1nc(Cl)ncc1F. The Balaban J connectivity index is 2.75. The first-order valence-corrected chi connectivity index (χ1v) is 5.17. The number of aromatic nitrogens is 2. The van der Waals surface area contributed by atoms with Gasteiger partial charge in [0.2, 0.25) is 11.2 Å². The van der Waals surface area contributed by atoms with Crippen LogP contribution in [0.4, 0.5) is 10.2 Å². The third kappa shape index (κ3) is 3.19. The van der Waals surface area contributed by atoms with Crippen LogP contribution in [-0.2, 0) is 4.79 Å². The highest BCUT2D eigenvalue weighted by Gasteiger charge is 2.08. The number of halogens is 3. The van der Waals surface area contributed by atoms with Crippen LogP contribution < -0.4 is 5.32 Å². The topological polar surface area (TPSA) is 54.9 Å². The summed E-state index contributed by atoms with van der Waals surface area (Å²) in [6, 6.07) is 0. The molecule has 1 heterocycles. The van der Waals surface area contributed by atoms with Gasteiger partial charge in [-0.2, -0.15) is 4.98 Å². The van der Waals surface area contributed by atoms with E-state index in [-0.39, 0.29) is 23.4 Å². The van der Waals surface area contributed by atoms with Crippen molar-refractivity contribution in [1.82, 2.24) is 9.97 Å². The Hall–Kier alpha value is -0.750. The fourth-order valence-electron chi connectivity index (χ4n) is 0.714. The first-order valence-electron chi connectivity index (χ1n) is 3.67. The maximum atomic E-state index is 13.0. The van der Waals surface area contributed by atoms with Crippen LogP contribution >= 0.6 is 27.5 Å². The van der Waals surface area contributed by atoms with Crippen LogP contribution in [0.25, 0.3) is 0 Å². The predicted molar refractivity (Wildman–Crippen MR) is 54.0 cm³/mol. The van der Waals surface area contributed by atoms with E-state index < -0.39 is 5.82 Å². The number of nitrogens with zero attached hydrogens (tertiary/aromatic N) is 2. The number of carbonyl (C=O) groups is 1. The molecule has 0 aromatic carbocycles. The number of hydrogen-bond acceptors (Lipinski definition) is 3. The number of amides is 1. The second kappa shape index (κ2) is 5.21. The summed E-state index contributed by atoms with van der Waals surface area (Å²) in [4.78, 5) is 18.0. The molecule has 1 N–H and O–H groups in total.